The van der Waals surface area contributed by atoms with E-state index in [-0.39, 0.29) is 0 Å². The lowest BCUT2D eigenvalue weighted by Gasteiger charge is -1.78. The van der Waals surface area contributed by atoms with E-state index in [2.05, 4.69) is 13.0 Å². The van der Waals surface area contributed by atoms with Gasteiger partial charge in [-0.05, 0) is 12.8 Å². The zero-order valence-corrected chi connectivity index (χ0v) is 5.59. The first-order valence-corrected chi connectivity index (χ1v) is 3.07. The maximum atomic E-state index is 5.09. The molecular weight excluding hydrogens is 108 g/mol. The Morgan fingerprint density at radius 3 is 2.56 bits per heavy atom. The van der Waals surface area contributed by atoms with E-state index in [0.29, 0.717) is 0 Å². The molecule has 0 bridgehead atoms. The summed E-state index contributed by atoms with van der Waals surface area (Å²) in [7, 11) is 0. The zero-order chi connectivity index (χ0) is 6.95. The van der Waals surface area contributed by atoms with E-state index in [1.54, 1.807) is 6.08 Å². The van der Waals surface area contributed by atoms with Gasteiger partial charge in [-0.3, -0.25) is 0 Å². The molecule has 0 spiro atoms. The molecule has 0 aliphatic heterocycles. The normalized spacial score (nSPS) is 11.2. The highest BCUT2D eigenvalue weighted by atomic mass is 13.7. The Hall–Kier alpha value is -0.780. The molecule has 0 aliphatic rings. The van der Waals surface area contributed by atoms with Gasteiger partial charge in [0, 0.05) is 0 Å². The Kier molecular flexibility index (Phi) is 6.59. The molecule has 0 atom stereocenters. The predicted octanol–water partition coefficient (Wildman–Crippen LogP) is 2.70. The Morgan fingerprint density at radius 1 is 1.22 bits per heavy atom. The highest BCUT2D eigenvalue weighted by Gasteiger charge is 1.67. The molecule has 0 rings (SSSR count). The van der Waals surface area contributed by atoms with Crippen molar-refractivity contribution >= 4 is 0 Å². The molecule has 2 radical (unpaired) electrons. The summed E-state index contributed by atoms with van der Waals surface area (Å²) in [5, 5.41) is 0. The van der Waals surface area contributed by atoms with Crippen LogP contribution in [0.3, 0.4) is 0 Å². The van der Waals surface area contributed by atoms with Gasteiger partial charge in [0.25, 0.3) is 0 Å². The van der Waals surface area contributed by atoms with Gasteiger partial charge in [-0.15, -0.1) is 0 Å². The molecule has 0 nitrogen and oxygen atoms in total. The smallest absolute Gasteiger partial charge is 0.0348 e. The second-order valence-electron chi connectivity index (χ2n) is 1.65. The third kappa shape index (κ3) is 7.22. The second kappa shape index (κ2) is 7.22. The lowest BCUT2D eigenvalue weighted by Crippen LogP contribution is -1.58. The SMILES string of the molecule is [CH]=CC=CC=CCC[CH2]. The Balaban J connectivity index is 3.23. The Bertz CT molecular complexity index is 107. The molecule has 0 saturated carbocycles. The van der Waals surface area contributed by atoms with Crippen LogP contribution in [-0.2, 0) is 0 Å². The number of unbranched alkanes of at least 4 members (excludes halogenated alkanes) is 1. The summed E-state index contributed by atoms with van der Waals surface area (Å²) >= 11 is 0. The number of rotatable bonds is 4. The van der Waals surface area contributed by atoms with Crippen LogP contribution >= 0.6 is 0 Å². The van der Waals surface area contributed by atoms with E-state index >= 15 is 0 Å². The van der Waals surface area contributed by atoms with Crippen LogP contribution in [0.1, 0.15) is 12.8 Å². The maximum Gasteiger partial charge on any atom is -0.0348 e. The molecule has 0 fully saturated rings. The van der Waals surface area contributed by atoms with Crippen LogP contribution < -0.4 is 0 Å². The predicted molar refractivity (Wildman–Crippen MR) is 41.7 cm³/mol. The van der Waals surface area contributed by atoms with Gasteiger partial charge in [0.2, 0.25) is 0 Å². The van der Waals surface area contributed by atoms with Crippen LogP contribution in [0.15, 0.2) is 30.4 Å². The minimum Gasteiger partial charge on any atom is -0.0845 e. The second-order valence-corrected chi connectivity index (χ2v) is 1.65. The van der Waals surface area contributed by atoms with Crippen molar-refractivity contribution in [1.82, 2.24) is 0 Å². The Labute approximate surface area is 57.6 Å². The van der Waals surface area contributed by atoms with Gasteiger partial charge in [-0.25, -0.2) is 0 Å². The lowest BCUT2D eigenvalue weighted by molar-refractivity contribution is 1.05. The van der Waals surface area contributed by atoms with Crippen LogP contribution in [0.5, 0.6) is 0 Å². The van der Waals surface area contributed by atoms with Crippen molar-refractivity contribution in [2.45, 2.75) is 12.8 Å². The van der Waals surface area contributed by atoms with Crippen molar-refractivity contribution < 1.29 is 0 Å². The van der Waals surface area contributed by atoms with Crippen molar-refractivity contribution in [2.75, 3.05) is 0 Å². The average Bonchev–Trinajstić information content (AvgIpc) is 1.89. The Morgan fingerprint density at radius 2 is 2.00 bits per heavy atom. The summed E-state index contributed by atoms with van der Waals surface area (Å²) in [4.78, 5) is 0. The van der Waals surface area contributed by atoms with Gasteiger partial charge in [0.05, 0.1) is 0 Å². The molecular formula is C9H12. The van der Waals surface area contributed by atoms with Crippen LogP contribution in [0.2, 0.25) is 0 Å². The summed E-state index contributed by atoms with van der Waals surface area (Å²) in [6.45, 7) is 8.78. The first-order chi connectivity index (χ1) is 4.41. The molecule has 0 heteroatoms. The third-order valence-electron chi connectivity index (χ3n) is 0.840. The maximum absolute atomic E-state index is 5.09. The third-order valence-corrected chi connectivity index (χ3v) is 0.840. The molecule has 9 heavy (non-hydrogen) atoms. The minimum absolute atomic E-state index is 0.955. The highest BCUT2D eigenvalue weighted by molar-refractivity contribution is 5.07. The van der Waals surface area contributed by atoms with Crippen molar-refractivity contribution in [3.05, 3.63) is 43.9 Å². The fraction of sp³-hybridized carbons (Fsp3) is 0.222. The molecule has 0 heterocycles. The van der Waals surface area contributed by atoms with Gasteiger partial charge in [-0.2, -0.15) is 0 Å². The first-order valence-electron chi connectivity index (χ1n) is 3.07. The minimum atomic E-state index is 0.955. The van der Waals surface area contributed by atoms with E-state index in [0.717, 1.165) is 12.8 Å². The molecule has 0 saturated heterocycles. The number of hydrogen-bond acceptors (Lipinski definition) is 0. The van der Waals surface area contributed by atoms with Crippen molar-refractivity contribution in [1.29, 1.82) is 0 Å². The van der Waals surface area contributed by atoms with Gasteiger partial charge in [0.1, 0.15) is 0 Å². The van der Waals surface area contributed by atoms with E-state index in [1.807, 2.05) is 12.2 Å². The van der Waals surface area contributed by atoms with E-state index in [9.17, 15) is 0 Å². The monoisotopic (exact) mass is 120 g/mol. The highest BCUT2D eigenvalue weighted by Crippen LogP contribution is 1.87. The van der Waals surface area contributed by atoms with Gasteiger partial charge in [0.15, 0.2) is 0 Å². The summed E-state index contributed by atoms with van der Waals surface area (Å²) in [5.41, 5.74) is 0. The lowest BCUT2D eigenvalue weighted by atomic mass is 10.3. The van der Waals surface area contributed by atoms with E-state index in [1.165, 1.54) is 6.08 Å². The number of hydrogen-bond donors (Lipinski definition) is 0. The standard InChI is InChI=1S/C9H12/c1-3-5-7-9-8-6-4-2/h1,3,5,7-9H,2,4,6H2. The summed E-state index contributed by atoms with van der Waals surface area (Å²) in [5.74, 6) is 0. The molecule has 0 aromatic heterocycles. The topological polar surface area (TPSA) is 0 Å². The van der Waals surface area contributed by atoms with Crippen LogP contribution in [0.4, 0.5) is 0 Å². The van der Waals surface area contributed by atoms with Crippen LogP contribution in [0, 0.1) is 13.5 Å². The fourth-order valence-electron chi connectivity index (χ4n) is 0.421. The van der Waals surface area contributed by atoms with Gasteiger partial charge >= 0.3 is 0 Å². The van der Waals surface area contributed by atoms with Gasteiger partial charge < -0.3 is 0 Å². The summed E-state index contributed by atoms with van der Waals surface area (Å²) in [6, 6.07) is 0. The molecule has 0 aromatic rings. The largest absolute Gasteiger partial charge is 0.0845 e. The van der Waals surface area contributed by atoms with E-state index < -0.39 is 0 Å². The zero-order valence-electron chi connectivity index (χ0n) is 5.59. The van der Waals surface area contributed by atoms with Crippen LogP contribution in [0.25, 0.3) is 0 Å². The fourth-order valence-corrected chi connectivity index (χ4v) is 0.421. The molecule has 48 valence electrons. The summed E-state index contributed by atoms with van der Waals surface area (Å²) < 4.78 is 0. The first kappa shape index (κ1) is 8.22. The molecule has 0 aromatic carbocycles. The van der Waals surface area contributed by atoms with Crippen LogP contribution in [-0.4, -0.2) is 0 Å². The van der Waals surface area contributed by atoms with E-state index in [4.69, 9.17) is 6.58 Å². The van der Waals surface area contributed by atoms with Crippen molar-refractivity contribution in [3.8, 4) is 0 Å². The molecule has 0 amide bonds. The average molecular weight is 120 g/mol. The van der Waals surface area contributed by atoms with Crippen molar-refractivity contribution in [2.24, 2.45) is 0 Å². The molecule has 0 aliphatic carbocycles. The number of allylic oxidation sites excluding steroid dienone is 5. The summed E-state index contributed by atoms with van der Waals surface area (Å²) in [6.07, 6.45) is 11.2. The molecule has 0 N–H and O–H groups in total. The molecule has 0 unspecified atom stereocenters. The quantitative estimate of drug-likeness (QED) is 0.500. The van der Waals surface area contributed by atoms with Gasteiger partial charge in [-0.1, -0.05) is 43.9 Å². The van der Waals surface area contributed by atoms with Crippen molar-refractivity contribution in [3.63, 3.8) is 0 Å².